The first-order valence-corrected chi connectivity index (χ1v) is 5.83. The van der Waals surface area contributed by atoms with Crippen LogP contribution in [0, 0.1) is 0 Å². The summed E-state index contributed by atoms with van der Waals surface area (Å²) in [5.41, 5.74) is 1.10. The Morgan fingerprint density at radius 3 is 2.89 bits per heavy atom. The molecule has 1 N–H and O–H groups in total. The lowest BCUT2D eigenvalue weighted by atomic mass is 10.3. The van der Waals surface area contributed by atoms with Gasteiger partial charge in [-0.2, -0.15) is 5.10 Å². The molecule has 6 nitrogen and oxygen atoms in total. The second-order valence-electron chi connectivity index (χ2n) is 4.28. The predicted molar refractivity (Wildman–Crippen MR) is 68.3 cm³/mol. The Hall–Kier alpha value is -2.11. The quantitative estimate of drug-likeness (QED) is 0.869. The van der Waals surface area contributed by atoms with Gasteiger partial charge in [0.15, 0.2) is 0 Å². The molecule has 0 aliphatic rings. The second kappa shape index (κ2) is 5.48. The van der Waals surface area contributed by atoms with Crippen LogP contribution in [-0.4, -0.2) is 25.9 Å². The Morgan fingerprint density at radius 1 is 1.39 bits per heavy atom. The van der Waals surface area contributed by atoms with E-state index in [-0.39, 0.29) is 6.10 Å². The molecule has 6 heteroatoms. The molecule has 2 rings (SSSR count). The van der Waals surface area contributed by atoms with Crippen molar-refractivity contribution in [2.24, 2.45) is 7.05 Å². The number of nitrogens with zero attached hydrogens (tertiary/aromatic N) is 4. The summed E-state index contributed by atoms with van der Waals surface area (Å²) in [6.07, 6.45) is 5.37. The summed E-state index contributed by atoms with van der Waals surface area (Å²) in [6.45, 7) is 4.60. The number of aryl methyl sites for hydroxylation is 1. The maximum absolute atomic E-state index is 5.50. The number of rotatable bonds is 5. The summed E-state index contributed by atoms with van der Waals surface area (Å²) in [6, 6.07) is 1.79. The number of hydrogen-bond donors (Lipinski definition) is 1. The molecule has 2 heterocycles. The van der Waals surface area contributed by atoms with Crippen molar-refractivity contribution in [3.05, 3.63) is 30.4 Å². The zero-order valence-electron chi connectivity index (χ0n) is 10.8. The van der Waals surface area contributed by atoms with E-state index in [2.05, 4.69) is 20.4 Å². The highest BCUT2D eigenvalue weighted by molar-refractivity contribution is 5.37. The first-order valence-electron chi connectivity index (χ1n) is 5.83. The van der Waals surface area contributed by atoms with Gasteiger partial charge in [0.25, 0.3) is 0 Å². The minimum Gasteiger partial charge on any atom is -0.475 e. The van der Waals surface area contributed by atoms with E-state index >= 15 is 0 Å². The van der Waals surface area contributed by atoms with Crippen molar-refractivity contribution in [3.8, 4) is 5.88 Å². The predicted octanol–water partition coefficient (Wildman–Crippen LogP) is 1.61. The molecular weight excluding hydrogens is 230 g/mol. The van der Waals surface area contributed by atoms with E-state index in [4.69, 9.17) is 4.74 Å². The summed E-state index contributed by atoms with van der Waals surface area (Å²) in [7, 11) is 1.89. The van der Waals surface area contributed by atoms with Crippen LogP contribution in [0.15, 0.2) is 24.8 Å². The van der Waals surface area contributed by atoms with E-state index in [0.29, 0.717) is 12.4 Å². The summed E-state index contributed by atoms with van der Waals surface area (Å²) < 4.78 is 7.27. The van der Waals surface area contributed by atoms with Crippen molar-refractivity contribution in [2.75, 3.05) is 5.32 Å². The number of anilines is 1. The SMILES string of the molecule is CC(C)Oc1cc(NCc2cnn(C)c2)ncn1. The number of ether oxygens (including phenoxy) is 1. The smallest absolute Gasteiger partial charge is 0.218 e. The number of nitrogens with one attached hydrogen (secondary N) is 1. The van der Waals surface area contributed by atoms with E-state index in [1.807, 2.05) is 33.3 Å². The molecule has 0 fully saturated rings. The summed E-state index contributed by atoms with van der Waals surface area (Å²) >= 11 is 0. The number of aromatic nitrogens is 4. The van der Waals surface area contributed by atoms with E-state index in [1.165, 1.54) is 6.33 Å². The van der Waals surface area contributed by atoms with Gasteiger partial charge in [0.2, 0.25) is 5.88 Å². The first kappa shape index (κ1) is 12.3. The van der Waals surface area contributed by atoms with Gasteiger partial charge in [0.05, 0.1) is 12.3 Å². The monoisotopic (exact) mass is 247 g/mol. The van der Waals surface area contributed by atoms with Crippen LogP contribution in [0.25, 0.3) is 0 Å². The fourth-order valence-electron chi connectivity index (χ4n) is 1.50. The topological polar surface area (TPSA) is 64.9 Å². The maximum Gasteiger partial charge on any atom is 0.218 e. The molecule has 0 amide bonds. The van der Waals surface area contributed by atoms with Gasteiger partial charge in [-0.25, -0.2) is 9.97 Å². The molecule has 0 saturated heterocycles. The van der Waals surface area contributed by atoms with Gasteiger partial charge >= 0.3 is 0 Å². The van der Waals surface area contributed by atoms with Gasteiger partial charge in [-0.05, 0) is 13.8 Å². The lowest BCUT2D eigenvalue weighted by Crippen LogP contribution is -2.08. The second-order valence-corrected chi connectivity index (χ2v) is 4.28. The number of hydrogen-bond acceptors (Lipinski definition) is 5. The van der Waals surface area contributed by atoms with Crippen LogP contribution in [0.2, 0.25) is 0 Å². The van der Waals surface area contributed by atoms with Gasteiger partial charge in [0.1, 0.15) is 12.1 Å². The van der Waals surface area contributed by atoms with Crippen LogP contribution in [0.3, 0.4) is 0 Å². The molecule has 18 heavy (non-hydrogen) atoms. The Labute approximate surface area is 106 Å². The molecule has 96 valence electrons. The molecular formula is C12H17N5O. The fraction of sp³-hybridized carbons (Fsp3) is 0.417. The van der Waals surface area contributed by atoms with Crippen molar-refractivity contribution in [3.63, 3.8) is 0 Å². The molecule has 0 atom stereocenters. The molecule has 0 spiro atoms. The molecule has 0 saturated carbocycles. The highest BCUT2D eigenvalue weighted by atomic mass is 16.5. The van der Waals surface area contributed by atoms with E-state index < -0.39 is 0 Å². The lowest BCUT2D eigenvalue weighted by Gasteiger charge is -2.09. The normalized spacial score (nSPS) is 10.7. The molecule has 0 aliphatic heterocycles. The molecule has 0 aromatic carbocycles. The molecule has 0 radical (unpaired) electrons. The van der Waals surface area contributed by atoms with Gasteiger partial charge in [-0.15, -0.1) is 0 Å². The van der Waals surface area contributed by atoms with Gasteiger partial charge < -0.3 is 10.1 Å². The minimum atomic E-state index is 0.103. The van der Waals surface area contributed by atoms with Crippen LogP contribution in [-0.2, 0) is 13.6 Å². The molecule has 0 bridgehead atoms. The van der Waals surface area contributed by atoms with Crippen molar-refractivity contribution in [2.45, 2.75) is 26.5 Å². The third-order valence-electron chi connectivity index (χ3n) is 2.23. The van der Waals surface area contributed by atoms with Gasteiger partial charge in [0, 0.05) is 31.4 Å². The van der Waals surface area contributed by atoms with E-state index in [1.54, 1.807) is 10.7 Å². The van der Waals surface area contributed by atoms with Crippen molar-refractivity contribution in [1.29, 1.82) is 0 Å². The molecule has 0 unspecified atom stereocenters. The van der Waals surface area contributed by atoms with Crippen LogP contribution >= 0.6 is 0 Å². The Morgan fingerprint density at radius 2 is 2.22 bits per heavy atom. The molecule has 0 aliphatic carbocycles. The van der Waals surface area contributed by atoms with Gasteiger partial charge in [-0.1, -0.05) is 0 Å². The highest BCUT2D eigenvalue weighted by Crippen LogP contribution is 2.13. The molecule has 2 aromatic heterocycles. The summed E-state index contributed by atoms with van der Waals surface area (Å²) in [5.74, 6) is 1.32. The average molecular weight is 247 g/mol. The third-order valence-corrected chi connectivity index (χ3v) is 2.23. The third kappa shape index (κ3) is 3.44. The standard InChI is InChI=1S/C12H17N5O/c1-9(2)18-12-4-11(14-8-15-12)13-5-10-6-16-17(3)7-10/h4,6-9H,5H2,1-3H3,(H,13,14,15). The van der Waals surface area contributed by atoms with Crippen molar-refractivity contribution < 1.29 is 4.74 Å². The van der Waals surface area contributed by atoms with Crippen LogP contribution in [0.5, 0.6) is 5.88 Å². The van der Waals surface area contributed by atoms with Crippen LogP contribution in [0.4, 0.5) is 5.82 Å². The Kier molecular flexibility index (Phi) is 3.76. The average Bonchev–Trinajstić information content (AvgIpc) is 2.72. The van der Waals surface area contributed by atoms with Crippen molar-refractivity contribution >= 4 is 5.82 Å². The van der Waals surface area contributed by atoms with E-state index in [9.17, 15) is 0 Å². The van der Waals surface area contributed by atoms with Gasteiger partial charge in [-0.3, -0.25) is 4.68 Å². The van der Waals surface area contributed by atoms with E-state index in [0.717, 1.165) is 11.4 Å². The maximum atomic E-state index is 5.50. The summed E-state index contributed by atoms with van der Waals surface area (Å²) in [5, 5.41) is 7.31. The zero-order valence-corrected chi connectivity index (χ0v) is 10.8. The minimum absolute atomic E-state index is 0.103. The Bertz CT molecular complexity index is 509. The summed E-state index contributed by atoms with van der Waals surface area (Å²) in [4.78, 5) is 8.19. The van der Waals surface area contributed by atoms with Crippen LogP contribution < -0.4 is 10.1 Å². The van der Waals surface area contributed by atoms with Crippen molar-refractivity contribution in [1.82, 2.24) is 19.7 Å². The largest absolute Gasteiger partial charge is 0.475 e. The van der Waals surface area contributed by atoms with Crippen LogP contribution in [0.1, 0.15) is 19.4 Å². The zero-order chi connectivity index (χ0) is 13.0. The molecule has 2 aromatic rings. The Balaban J connectivity index is 1.96. The highest BCUT2D eigenvalue weighted by Gasteiger charge is 2.02. The fourth-order valence-corrected chi connectivity index (χ4v) is 1.50. The lowest BCUT2D eigenvalue weighted by molar-refractivity contribution is 0.232. The first-order chi connectivity index (χ1) is 8.63.